The van der Waals surface area contributed by atoms with Crippen LogP contribution in [0.4, 0.5) is 0 Å². The fourth-order valence-corrected chi connectivity index (χ4v) is 11.2. The van der Waals surface area contributed by atoms with Crippen LogP contribution in [-0.4, -0.2) is 220 Å². The van der Waals surface area contributed by atoms with Gasteiger partial charge in [-0.15, -0.1) is 0 Å². The number of aliphatic hydroxyl groups is 1. The van der Waals surface area contributed by atoms with Crippen molar-refractivity contribution in [2.45, 2.75) is 231 Å². The number of nitrogens with one attached hydrogen (secondary N) is 2. The third kappa shape index (κ3) is 23.6. The van der Waals surface area contributed by atoms with Crippen LogP contribution < -0.4 is 10.6 Å². The Bertz CT molecular complexity index is 2320. The van der Waals surface area contributed by atoms with Crippen molar-refractivity contribution in [1.82, 2.24) is 44.9 Å². The van der Waals surface area contributed by atoms with Crippen LogP contribution in [0.15, 0.2) is 12.2 Å². The van der Waals surface area contributed by atoms with E-state index >= 15 is 9.59 Å². The van der Waals surface area contributed by atoms with Crippen LogP contribution in [-0.2, 0) is 52.7 Å². The minimum atomic E-state index is -1.60. The molecule has 1 saturated heterocycles. The van der Waals surface area contributed by atoms with Gasteiger partial charge in [0.2, 0.25) is 53.2 Å². The smallest absolute Gasteiger partial charge is 0.246 e. The lowest BCUT2D eigenvalue weighted by molar-refractivity contribution is -0.157. The summed E-state index contributed by atoms with van der Waals surface area (Å²) in [5, 5.41) is 17.6. The highest BCUT2D eigenvalue weighted by atomic mass is 16.3. The molecule has 0 aromatic carbocycles. The first-order valence-corrected chi connectivity index (χ1v) is 31.0. The van der Waals surface area contributed by atoms with Crippen molar-refractivity contribution in [3.05, 3.63) is 12.2 Å². The Morgan fingerprint density at radius 3 is 1.36 bits per heavy atom. The Morgan fingerprint density at radius 2 is 0.920 bits per heavy atom. The van der Waals surface area contributed by atoms with Crippen LogP contribution in [0, 0.1) is 53.3 Å². The van der Waals surface area contributed by atoms with E-state index in [-0.39, 0.29) is 87.4 Å². The fraction of sp³-hybridized carbons (Fsp3) is 0.800. The van der Waals surface area contributed by atoms with E-state index in [4.69, 9.17) is 0 Å². The lowest BCUT2D eigenvalue weighted by Gasteiger charge is -2.41. The third-order valence-corrected chi connectivity index (χ3v) is 16.7. The Hall–Kier alpha value is -5.77. The molecule has 1 unspecified atom stereocenters. The summed E-state index contributed by atoms with van der Waals surface area (Å²) in [5.41, 5.74) is 0. The standard InChI is InChI=1S/C64H113N9O12.CH4.H2O/c1-25-27-28-42(15)56(77)55-58(79)66-46(26-2)61(82)67(18)35-53(76)68(19)47(29-36(3)4)52(75)34-45(40(11)12)60(81)69(20)48(30-37(5)6)51(74)33-43(16)57(78)65-44(17)59(80)70(21)49(31-38(7)8)62(83)71(22)50(32-39(9)10)63(84)72(23)54(41(13)14)64(85)73(55)24;;/h25,27,36-50,54-56,77H,26,28-35H2,1-24H3,(H,65,78)(H,66,79);1H4;1H2/b27-25+;;/t42-,43-,44-,45+,46+,47+,48+,49+,50+,54+,55?,56-;;/m1../s1. The van der Waals surface area contributed by atoms with Gasteiger partial charge < -0.3 is 55.5 Å². The van der Waals surface area contributed by atoms with Gasteiger partial charge in [0.15, 0.2) is 11.6 Å². The van der Waals surface area contributed by atoms with Crippen molar-refractivity contribution in [2.75, 3.05) is 55.9 Å². The third-order valence-electron chi connectivity index (χ3n) is 16.7. The first kappa shape index (κ1) is 83.3. The van der Waals surface area contributed by atoms with Crippen molar-refractivity contribution in [3.8, 4) is 0 Å². The largest absolute Gasteiger partial charge is 0.412 e. The van der Waals surface area contributed by atoms with Crippen molar-refractivity contribution < 1.29 is 63.3 Å². The topological polar surface area (TPSA) is 286 Å². The first-order chi connectivity index (χ1) is 39.2. The highest BCUT2D eigenvalue weighted by molar-refractivity contribution is 5.99. The highest BCUT2D eigenvalue weighted by Crippen LogP contribution is 2.28. The quantitative estimate of drug-likeness (QED) is 0.177. The van der Waals surface area contributed by atoms with Crippen molar-refractivity contribution >= 4 is 64.7 Å². The number of rotatable bonds is 15. The van der Waals surface area contributed by atoms with E-state index in [1.54, 1.807) is 61.5 Å². The Balaban J connectivity index is 0. The van der Waals surface area contributed by atoms with Crippen molar-refractivity contribution in [2.24, 2.45) is 53.3 Å². The molecule has 9 amide bonds. The maximum absolute atomic E-state index is 15.1. The number of allylic oxidation sites excluding steroid dienone is 2. The zero-order valence-electron chi connectivity index (χ0n) is 57.0. The maximum atomic E-state index is 15.1. The van der Waals surface area contributed by atoms with Crippen LogP contribution in [0.1, 0.15) is 176 Å². The van der Waals surface area contributed by atoms with E-state index in [1.807, 2.05) is 61.5 Å². The summed E-state index contributed by atoms with van der Waals surface area (Å²) in [5.74, 6) is -10.3. The summed E-state index contributed by atoms with van der Waals surface area (Å²) < 4.78 is 0. The van der Waals surface area contributed by atoms with Gasteiger partial charge in [-0.2, -0.15) is 0 Å². The summed E-state index contributed by atoms with van der Waals surface area (Å²) in [4.78, 5) is 169. The summed E-state index contributed by atoms with van der Waals surface area (Å²) >= 11 is 0. The van der Waals surface area contributed by atoms with Gasteiger partial charge in [0, 0.05) is 74.0 Å². The monoisotopic (exact) mass is 1230 g/mol. The van der Waals surface area contributed by atoms with E-state index < -0.39 is 149 Å². The molecule has 0 aliphatic carbocycles. The zero-order valence-corrected chi connectivity index (χ0v) is 57.0. The first-order valence-electron chi connectivity index (χ1n) is 31.0. The number of Topliss-reactive ketones (excluding diaryl/α,β-unsaturated/α-hetero) is 2. The molecule has 0 spiro atoms. The van der Waals surface area contributed by atoms with Crippen LogP contribution in [0.2, 0.25) is 0 Å². The normalized spacial score (nSPS) is 26.5. The average Bonchev–Trinajstić information content (AvgIpc) is 3.62. The Morgan fingerprint density at radius 1 is 0.506 bits per heavy atom. The molecule has 1 aliphatic heterocycles. The molecular formula is C65H119N9O13. The number of aliphatic hydroxyl groups excluding tert-OH is 1. The van der Waals surface area contributed by atoms with Crippen molar-refractivity contribution in [3.63, 3.8) is 0 Å². The van der Waals surface area contributed by atoms with E-state index in [1.165, 1.54) is 80.8 Å². The van der Waals surface area contributed by atoms with E-state index in [0.29, 0.717) is 6.42 Å². The summed E-state index contributed by atoms with van der Waals surface area (Å²) in [6.45, 7) is 29.9. The van der Waals surface area contributed by atoms with Crippen LogP contribution in [0.3, 0.4) is 0 Å². The zero-order chi connectivity index (χ0) is 66.0. The number of hydrogen-bond acceptors (Lipinski definition) is 12. The van der Waals surface area contributed by atoms with Crippen molar-refractivity contribution in [1.29, 1.82) is 0 Å². The average molecular weight is 1230 g/mol. The summed E-state index contributed by atoms with van der Waals surface area (Å²) in [6, 6.07) is -9.52. The molecule has 22 heteroatoms. The SMILES string of the molecule is C.C/C=C/C[C@@H](C)[C@@H](O)C1C(=O)N[C@@H](CC)C(=O)N(C)CC(=O)N(C)[C@@H](CC(C)C)C(=O)C[C@@H](C(C)C)C(=O)N(C)[C@@H](CC(C)C)C(=O)C[C@@H](C)C(=O)N[C@H](C)C(=O)N(C)[C@@H](CC(C)C)C(=O)N(C)[C@@H](CC(C)C)C(=O)N(C)[C@@H](C(C)C)C(=O)N1C.O. The van der Waals surface area contributed by atoms with E-state index in [0.717, 1.165) is 9.80 Å². The van der Waals surface area contributed by atoms with Gasteiger partial charge >= 0.3 is 0 Å². The number of amides is 9. The molecule has 0 bridgehead atoms. The van der Waals surface area contributed by atoms with Crippen LogP contribution in [0.25, 0.3) is 0 Å². The number of carbonyl (C=O) groups excluding carboxylic acids is 11. The molecule has 22 nitrogen and oxygen atoms in total. The van der Waals surface area contributed by atoms with Gasteiger partial charge in [-0.1, -0.05) is 123 Å². The van der Waals surface area contributed by atoms with Gasteiger partial charge in [-0.3, -0.25) is 52.7 Å². The molecule has 1 fully saturated rings. The number of carbonyl (C=O) groups is 11. The second-order valence-corrected chi connectivity index (χ2v) is 26.7. The van der Waals surface area contributed by atoms with Gasteiger partial charge in [-0.05, 0) is 93.8 Å². The summed E-state index contributed by atoms with van der Waals surface area (Å²) in [7, 11) is 10.1. The molecule has 0 saturated carbocycles. The van der Waals surface area contributed by atoms with Gasteiger partial charge in [-0.25, -0.2) is 0 Å². The Labute approximate surface area is 523 Å². The van der Waals surface area contributed by atoms with Crippen LogP contribution in [0.5, 0.6) is 0 Å². The lowest BCUT2D eigenvalue weighted by Crippen LogP contribution is -2.63. The molecule has 0 aromatic heterocycles. The predicted molar refractivity (Wildman–Crippen MR) is 341 cm³/mol. The van der Waals surface area contributed by atoms with Gasteiger partial charge in [0.25, 0.3) is 0 Å². The number of likely N-dealkylation sites (N-methyl/N-ethyl adjacent to an activating group) is 7. The maximum Gasteiger partial charge on any atom is 0.246 e. The minimum absolute atomic E-state index is 0. The molecule has 87 heavy (non-hydrogen) atoms. The predicted octanol–water partition coefficient (Wildman–Crippen LogP) is 5.26. The molecule has 5 N–H and O–H groups in total. The molecule has 1 aliphatic rings. The molecular weight excluding hydrogens is 1110 g/mol. The minimum Gasteiger partial charge on any atom is -0.412 e. The molecule has 502 valence electrons. The van der Waals surface area contributed by atoms with E-state index in [2.05, 4.69) is 10.6 Å². The lowest BCUT2D eigenvalue weighted by atomic mass is 9.84. The molecule has 12 atom stereocenters. The second-order valence-electron chi connectivity index (χ2n) is 26.7. The Kier molecular flexibility index (Phi) is 36.3. The fourth-order valence-electron chi connectivity index (χ4n) is 11.2. The second kappa shape index (κ2) is 37.9. The number of hydrogen-bond donors (Lipinski definition) is 3. The number of ketones is 2. The number of nitrogens with zero attached hydrogens (tertiary/aromatic N) is 7. The molecule has 0 radical (unpaired) electrons. The van der Waals surface area contributed by atoms with E-state index in [9.17, 15) is 48.3 Å². The highest BCUT2D eigenvalue weighted by Gasteiger charge is 2.46. The molecule has 1 heterocycles. The molecule has 1 rings (SSSR count). The summed E-state index contributed by atoms with van der Waals surface area (Å²) in [6.07, 6.45) is 2.72. The van der Waals surface area contributed by atoms with Gasteiger partial charge in [0.1, 0.15) is 36.3 Å². The van der Waals surface area contributed by atoms with Gasteiger partial charge in [0.05, 0.1) is 24.7 Å². The molecule has 0 aromatic rings. The van der Waals surface area contributed by atoms with Crippen LogP contribution >= 0.6 is 0 Å².